The fourth-order valence-electron chi connectivity index (χ4n) is 1.34. The molecular weight excluding hydrogens is 236 g/mol. The first-order chi connectivity index (χ1) is 8.16. The van der Waals surface area contributed by atoms with Crippen molar-refractivity contribution in [2.45, 2.75) is 17.0 Å². The molecule has 1 aromatic heterocycles. The fourth-order valence-corrected chi connectivity index (χ4v) is 2.15. The topological polar surface area (TPSA) is 63.1 Å². The smallest absolute Gasteiger partial charge is 0.336 e. The van der Waals surface area contributed by atoms with E-state index in [1.807, 2.05) is 13.0 Å². The van der Waals surface area contributed by atoms with Gasteiger partial charge >= 0.3 is 5.97 Å². The fraction of sp³-hybridized carbons (Fsp3) is 0.0833. The van der Waals surface area contributed by atoms with Crippen molar-refractivity contribution in [2.24, 2.45) is 0 Å². The Bertz CT molecular complexity index is 543. The highest BCUT2D eigenvalue weighted by Crippen LogP contribution is 2.28. The van der Waals surface area contributed by atoms with E-state index in [9.17, 15) is 4.79 Å². The highest BCUT2D eigenvalue weighted by molar-refractivity contribution is 7.99. The summed E-state index contributed by atoms with van der Waals surface area (Å²) in [5, 5.41) is 9.65. The average molecular weight is 246 g/mol. The predicted molar refractivity (Wildman–Crippen MR) is 64.3 cm³/mol. The molecule has 0 aliphatic rings. The normalized spacial score (nSPS) is 10.2. The molecule has 86 valence electrons. The molecule has 17 heavy (non-hydrogen) atoms. The molecular formula is C12H10N2O2S. The van der Waals surface area contributed by atoms with Crippen LogP contribution in [-0.4, -0.2) is 21.0 Å². The van der Waals surface area contributed by atoms with Crippen LogP contribution in [0.2, 0.25) is 0 Å². The molecule has 0 radical (unpaired) electrons. The number of nitrogens with zero attached hydrogens (tertiary/aromatic N) is 2. The Morgan fingerprint density at radius 3 is 2.65 bits per heavy atom. The van der Waals surface area contributed by atoms with Gasteiger partial charge in [0.25, 0.3) is 0 Å². The van der Waals surface area contributed by atoms with Crippen LogP contribution in [0.1, 0.15) is 15.9 Å². The van der Waals surface area contributed by atoms with Crippen LogP contribution in [0.25, 0.3) is 0 Å². The third kappa shape index (κ3) is 2.82. The Balaban J connectivity index is 2.36. The van der Waals surface area contributed by atoms with Gasteiger partial charge < -0.3 is 5.11 Å². The summed E-state index contributed by atoms with van der Waals surface area (Å²) in [5.41, 5.74) is 1.20. The quantitative estimate of drug-likeness (QED) is 0.843. The Hall–Kier alpha value is -1.88. The summed E-state index contributed by atoms with van der Waals surface area (Å²) in [6.07, 6.45) is 3.26. The molecule has 4 nitrogen and oxygen atoms in total. The summed E-state index contributed by atoms with van der Waals surface area (Å²) in [7, 11) is 0. The predicted octanol–water partition coefficient (Wildman–Crippen LogP) is 2.63. The number of hydrogen-bond donors (Lipinski definition) is 1. The van der Waals surface area contributed by atoms with Gasteiger partial charge in [-0.2, -0.15) is 0 Å². The first-order valence-corrected chi connectivity index (χ1v) is 5.77. The lowest BCUT2D eigenvalue weighted by Gasteiger charge is -2.05. The summed E-state index contributed by atoms with van der Waals surface area (Å²) < 4.78 is 0. The zero-order valence-corrected chi connectivity index (χ0v) is 9.94. The zero-order valence-electron chi connectivity index (χ0n) is 9.12. The van der Waals surface area contributed by atoms with Crippen LogP contribution < -0.4 is 0 Å². The van der Waals surface area contributed by atoms with Crippen LogP contribution >= 0.6 is 11.8 Å². The molecule has 1 N–H and O–H groups in total. The number of hydrogen-bond acceptors (Lipinski definition) is 4. The van der Waals surface area contributed by atoms with Gasteiger partial charge in [0.1, 0.15) is 0 Å². The number of rotatable bonds is 3. The maximum absolute atomic E-state index is 11.1. The maximum Gasteiger partial charge on any atom is 0.336 e. The molecule has 0 fully saturated rings. The van der Waals surface area contributed by atoms with E-state index < -0.39 is 5.97 Å². The van der Waals surface area contributed by atoms with E-state index in [1.165, 1.54) is 11.8 Å². The van der Waals surface area contributed by atoms with Gasteiger partial charge in [0.2, 0.25) is 0 Å². The van der Waals surface area contributed by atoms with E-state index in [4.69, 9.17) is 5.11 Å². The van der Waals surface area contributed by atoms with Crippen molar-refractivity contribution in [3.05, 3.63) is 47.8 Å². The van der Waals surface area contributed by atoms with Crippen molar-refractivity contribution in [1.82, 2.24) is 9.97 Å². The Kier molecular flexibility index (Phi) is 3.39. The van der Waals surface area contributed by atoms with Gasteiger partial charge in [0, 0.05) is 17.3 Å². The van der Waals surface area contributed by atoms with Gasteiger partial charge in [-0.05, 0) is 36.9 Å². The number of carboxylic acid groups (broad SMARTS) is 1. The molecule has 0 unspecified atom stereocenters. The standard InChI is InChI=1S/C12H10N2O2S/c1-8-3-4-10(9(7-8)11(15)16)17-12-13-5-2-6-14-12/h2-7H,1H3,(H,15,16). The van der Waals surface area contributed by atoms with Crippen molar-refractivity contribution < 1.29 is 9.90 Å². The minimum Gasteiger partial charge on any atom is -0.478 e. The first kappa shape index (κ1) is 11.6. The van der Waals surface area contributed by atoms with E-state index in [-0.39, 0.29) is 5.56 Å². The Labute approximate surface area is 103 Å². The highest BCUT2D eigenvalue weighted by atomic mass is 32.2. The maximum atomic E-state index is 11.1. The molecule has 0 aliphatic heterocycles. The Morgan fingerprint density at radius 2 is 2.00 bits per heavy atom. The summed E-state index contributed by atoms with van der Waals surface area (Å²) in [6, 6.07) is 7.02. The lowest BCUT2D eigenvalue weighted by molar-refractivity contribution is 0.0693. The number of aromatic nitrogens is 2. The van der Waals surface area contributed by atoms with Crippen LogP contribution in [0, 0.1) is 6.92 Å². The number of carboxylic acids is 1. The van der Waals surface area contributed by atoms with E-state index in [0.29, 0.717) is 10.1 Å². The Morgan fingerprint density at radius 1 is 1.29 bits per heavy atom. The second kappa shape index (κ2) is 4.97. The van der Waals surface area contributed by atoms with Crippen LogP contribution in [0.5, 0.6) is 0 Å². The molecule has 1 heterocycles. The van der Waals surface area contributed by atoms with Gasteiger partial charge in [-0.3, -0.25) is 0 Å². The monoisotopic (exact) mass is 246 g/mol. The minimum atomic E-state index is -0.938. The van der Waals surface area contributed by atoms with Crippen LogP contribution in [0.3, 0.4) is 0 Å². The van der Waals surface area contributed by atoms with Crippen molar-refractivity contribution in [3.8, 4) is 0 Å². The van der Waals surface area contributed by atoms with Crippen molar-refractivity contribution in [2.75, 3.05) is 0 Å². The van der Waals surface area contributed by atoms with E-state index >= 15 is 0 Å². The molecule has 0 aliphatic carbocycles. The van der Waals surface area contributed by atoms with Crippen LogP contribution in [0.4, 0.5) is 0 Å². The summed E-state index contributed by atoms with van der Waals surface area (Å²) >= 11 is 1.25. The van der Waals surface area contributed by atoms with Gasteiger partial charge in [-0.25, -0.2) is 14.8 Å². The van der Waals surface area contributed by atoms with Gasteiger partial charge in [0.15, 0.2) is 5.16 Å². The lowest BCUT2D eigenvalue weighted by Crippen LogP contribution is -1.99. The molecule has 2 aromatic rings. The van der Waals surface area contributed by atoms with E-state index in [2.05, 4.69) is 9.97 Å². The molecule has 0 amide bonds. The first-order valence-electron chi connectivity index (χ1n) is 4.95. The second-order valence-electron chi connectivity index (χ2n) is 3.44. The minimum absolute atomic E-state index is 0.280. The molecule has 1 aromatic carbocycles. The van der Waals surface area contributed by atoms with E-state index in [0.717, 1.165) is 5.56 Å². The summed E-state index contributed by atoms with van der Waals surface area (Å²) in [4.78, 5) is 19.9. The van der Waals surface area contributed by atoms with Gasteiger partial charge in [-0.1, -0.05) is 11.6 Å². The molecule has 5 heteroatoms. The largest absolute Gasteiger partial charge is 0.478 e. The molecule has 0 saturated carbocycles. The molecule has 2 rings (SSSR count). The number of carbonyl (C=O) groups is 1. The lowest BCUT2D eigenvalue weighted by atomic mass is 10.1. The molecule has 0 saturated heterocycles. The van der Waals surface area contributed by atoms with Crippen LogP contribution in [-0.2, 0) is 0 Å². The third-order valence-electron chi connectivity index (χ3n) is 2.11. The van der Waals surface area contributed by atoms with E-state index in [1.54, 1.807) is 30.6 Å². The summed E-state index contributed by atoms with van der Waals surface area (Å²) in [5.74, 6) is -0.938. The van der Waals surface area contributed by atoms with Gasteiger partial charge in [-0.15, -0.1) is 0 Å². The third-order valence-corrected chi connectivity index (χ3v) is 3.08. The highest BCUT2D eigenvalue weighted by Gasteiger charge is 2.12. The van der Waals surface area contributed by atoms with Crippen molar-refractivity contribution >= 4 is 17.7 Å². The number of aryl methyl sites for hydroxylation is 1. The SMILES string of the molecule is Cc1ccc(Sc2ncccn2)c(C(=O)O)c1. The molecule has 0 bridgehead atoms. The summed E-state index contributed by atoms with van der Waals surface area (Å²) in [6.45, 7) is 1.86. The second-order valence-corrected chi connectivity index (χ2v) is 4.45. The van der Waals surface area contributed by atoms with Crippen molar-refractivity contribution in [3.63, 3.8) is 0 Å². The number of aromatic carboxylic acids is 1. The average Bonchev–Trinajstić information content (AvgIpc) is 2.32. The van der Waals surface area contributed by atoms with Crippen LogP contribution in [0.15, 0.2) is 46.7 Å². The van der Waals surface area contributed by atoms with Gasteiger partial charge in [0.05, 0.1) is 5.56 Å². The molecule has 0 spiro atoms. The van der Waals surface area contributed by atoms with Crippen molar-refractivity contribution in [1.29, 1.82) is 0 Å². The zero-order chi connectivity index (χ0) is 12.3. The number of benzene rings is 1. The molecule has 0 atom stereocenters.